The summed E-state index contributed by atoms with van der Waals surface area (Å²) in [7, 11) is 0. The van der Waals surface area contributed by atoms with Crippen LogP contribution in [0, 0.1) is 13.8 Å². The topological polar surface area (TPSA) is 84.2 Å². The number of aromatic nitrogens is 2. The van der Waals surface area contributed by atoms with Gasteiger partial charge in [-0.15, -0.1) is 0 Å². The first-order valence-corrected chi connectivity index (χ1v) is 9.98. The zero-order valence-corrected chi connectivity index (χ0v) is 16.2. The molecular weight excluding hydrogens is 350 g/mol. The van der Waals surface area contributed by atoms with E-state index in [2.05, 4.69) is 10.4 Å². The third-order valence-electron chi connectivity index (χ3n) is 4.21. The molecule has 0 fully saturated rings. The van der Waals surface area contributed by atoms with Crippen LogP contribution in [0.25, 0.3) is 5.69 Å². The molecule has 0 aliphatic rings. The minimum atomic E-state index is -0.815. The van der Waals surface area contributed by atoms with Crippen LogP contribution in [0.5, 0.6) is 0 Å². The number of thioether (sulfide) groups is 1. The molecule has 0 aliphatic carbocycles. The number of aliphatic carboxylic acids is 1. The van der Waals surface area contributed by atoms with E-state index in [0.29, 0.717) is 18.5 Å². The van der Waals surface area contributed by atoms with E-state index in [9.17, 15) is 9.59 Å². The molecule has 0 radical (unpaired) electrons. The summed E-state index contributed by atoms with van der Waals surface area (Å²) < 4.78 is 1.80. The van der Waals surface area contributed by atoms with Gasteiger partial charge in [0.25, 0.3) is 5.91 Å². The maximum atomic E-state index is 12.1. The van der Waals surface area contributed by atoms with E-state index in [1.54, 1.807) is 28.6 Å². The molecule has 1 aromatic heterocycles. The third kappa shape index (κ3) is 5.11. The van der Waals surface area contributed by atoms with Crippen molar-refractivity contribution in [2.24, 2.45) is 0 Å². The first-order valence-electron chi connectivity index (χ1n) is 8.58. The maximum absolute atomic E-state index is 12.1. The first-order chi connectivity index (χ1) is 12.4. The molecule has 1 heterocycles. The molecule has 0 saturated carbocycles. The van der Waals surface area contributed by atoms with E-state index in [-0.39, 0.29) is 12.3 Å². The molecule has 0 aliphatic heterocycles. The second-order valence-electron chi connectivity index (χ2n) is 6.10. The van der Waals surface area contributed by atoms with Gasteiger partial charge in [-0.05, 0) is 68.5 Å². The summed E-state index contributed by atoms with van der Waals surface area (Å²) in [6, 6.07) is 7.29. The van der Waals surface area contributed by atoms with E-state index < -0.39 is 5.97 Å². The molecule has 0 spiro atoms. The van der Waals surface area contributed by atoms with Gasteiger partial charge in [-0.3, -0.25) is 9.59 Å². The van der Waals surface area contributed by atoms with Crippen LogP contribution < -0.4 is 5.32 Å². The Morgan fingerprint density at radius 2 is 1.92 bits per heavy atom. The number of carboxylic acids is 1. The molecule has 1 aromatic carbocycles. The number of carbonyl (C=O) groups excluding carboxylic acids is 1. The highest BCUT2D eigenvalue weighted by atomic mass is 32.2. The summed E-state index contributed by atoms with van der Waals surface area (Å²) in [6.07, 6.45) is 3.55. The summed E-state index contributed by atoms with van der Waals surface area (Å²) in [5, 5.41) is 16.3. The van der Waals surface area contributed by atoms with E-state index in [1.807, 2.05) is 32.2 Å². The lowest BCUT2D eigenvalue weighted by atomic mass is 10.1. The Hall–Kier alpha value is -2.28. The predicted molar refractivity (Wildman–Crippen MR) is 104 cm³/mol. The standard InChI is InChI=1S/C19H25N3O3S/c1-13-17(9-10-18(23)24)14(2)22(21-13)16-7-5-15(6-8-16)19(25)20-11-4-12-26-3/h5-8H,4,9-12H2,1-3H3,(H,20,25)(H,23,24). The fourth-order valence-corrected chi connectivity index (χ4v) is 3.23. The van der Waals surface area contributed by atoms with Crippen molar-refractivity contribution in [1.82, 2.24) is 15.1 Å². The Balaban J connectivity index is 2.09. The van der Waals surface area contributed by atoms with Crippen molar-refractivity contribution in [2.75, 3.05) is 18.6 Å². The van der Waals surface area contributed by atoms with Crippen LogP contribution in [0.4, 0.5) is 0 Å². The molecule has 1 amide bonds. The number of amides is 1. The monoisotopic (exact) mass is 375 g/mol. The van der Waals surface area contributed by atoms with Crippen molar-refractivity contribution in [1.29, 1.82) is 0 Å². The minimum Gasteiger partial charge on any atom is -0.481 e. The van der Waals surface area contributed by atoms with Crippen molar-refractivity contribution in [3.8, 4) is 5.69 Å². The summed E-state index contributed by atoms with van der Waals surface area (Å²) in [6.45, 7) is 4.49. The molecule has 26 heavy (non-hydrogen) atoms. The van der Waals surface area contributed by atoms with E-state index in [4.69, 9.17) is 5.11 Å². The predicted octanol–water partition coefficient (Wildman–Crippen LogP) is 2.99. The van der Waals surface area contributed by atoms with Crippen LogP contribution in [0.15, 0.2) is 24.3 Å². The van der Waals surface area contributed by atoms with Crippen LogP contribution in [-0.2, 0) is 11.2 Å². The van der Waals surface area contributed by atoms with Gasteiger partial charge in [-0.2, -0.15) is 16.9 Å². The zero-order chi connectivity index (χ0) is 19.1. The Labute approximate surface area is 158 Å². The number of hydrogen-bond acceptors (Lipinski definition) is 4. The normalized spacial score (nSPS) is 10.7. The van der Waals surface area contributed by atoms with Crippen molar-refractivity contribution < 1.29 is 14.7 Å². The number of aryl methyl sites for hydroxylation is 1. The van der Waals surface area contributed by atoms with E-state index >= 15 is 0 Å². The van der Waals surface area contributed by atoms with Gasteiger partial charge in [0.2, 0.25) is 0 Å². The van der Waals surface area contributed by atoms with Crippen LogP contribution in [0.2, 0.25) is 0 Å². The molecule has 0 unspecified atom stereocenters. The van der Waals surface area contributed by atoms with E-state index in [1.165, 1.54) is 0 Å². The third-order valence-corrected chi connectivity index (χ3v) is 4.91. The van der Waals surface area contributed by atoms with Gasteiger partial charge in [0.05, 0.1) is 11.4 Å². The average Bonchev–Trinajstić information content (AvgIpc) is 2.91. The first kappa shape index (κ1) is 20.0. The molecule has 7 heteroatoms. The molecular formula is C19H25N3O3S. The molecule has 2 aromatic rings. The SMILES string of the molecule is CSCCCNC(=O)c1ccc(-n2nc(C)c(CCC(=O)O)c2C)cc1. The summed E-state index contributed by atoms with van der Waals surface area (Å²) in [4.78, 5) is 23.0. The second kappa shape index (κ2) is 9.43. The summed E-state index contributed by atoms with van der Waals surface area (Å²) in [5.41, 5.74) is 4.19. The molecule has 0 bridgehead atoms. The highest BCUT2D eigenvalue weighted by Crippen LogP contribution is 2.20. The highest BCUT2D eigenvalue weighted by Gasteiger charge is 2.14. The van der Waals surface area contributed by atoms with Gasteiger partial charge in [-0.1, -0.05) is 0 Å². The lowest BCUT2D eigenvalue weighted by Crippen LogP contribution is -2.24. The number of nitrogens with one attached hydrogen (secondary N) is 1. The zero-order valence-electron chi connectivity index (χ0n) is 15.4. The molecule has 0 saturated heterocycles. The van der Waals surface area contributed by atoms with Crippen molar-refractivity contribution in [3.05, 3.63) is 46.8 Å². The van der Waals surface area contributed by atoms with Crippen LogP contribution in [0.3, 0.4) is 0 Å². The Morgan fingerprint density at radius 3 is 2.54 bits per heavy atom. The smallest absolute Gasteiger partial charge is 0.303 e. The van der Waals surface area contributed by atoms with Gasteiger partial charge < -0.3 is 10.4 Å². The number of carboxylic acid groups (broad SMARTS) is 1. The van der Waals surface area contributed by atoms with Crippen LogP contribution >= 0.6 is 11.8 Å². The number of rotatable bonds is 9. The Bertz CT molecular complexity index is 769. The van der Waals surface area contributed by atoms with Crippen LogP contribution in [0.1, 0.15) is 40.2 Å². The van der Waals surface area contributed by atoms with Gasteiger partial charge >= 0.3 is 5.97 Å². The summed E-state index contributed by atoms with van der Waals surface area (Å²) >= 11 is 1.76. The minimum absolute atomic E-state index is 0.0758. The molecule has 2 rings (SSSR count). The fraction of sp³-hybridized carbons (Fsp3) is 0.421. The van der Waals surface area contributed by atoms with Gasteiger partial charge in [0, 0.05) is 24.2 Å². The van der Waals surface area contributed by atoms with Crippen molar-refractivity contribution >= 4 is 23.6 Å². The maximum Gasteiger partial charge on any atom is 0.303 e. The number of carbonyl (C=O) groups is 2. The quantitative estimate of drug-likeness (QED) is 0.658. The second-order valence-corrected chi connectivity index (χ2v) is 7.09. The molecule has 140 valence electrons. The molecule has 6 nitrogen and oxygen atoms in total. The summed E-state index contributed by atoms with van der Waals surface area (Å²) in [5.74, 6) is 0.138. The van der Waals surface area contributed by atoms with E-state index in [0.717, 1.165) is 34.8 Å². The lowest BCUT2D eigenvalue weighted by Gasteiger charge is -2.08. The van der Waals surface area contributed by atoms with Gasteiger partial charge in [0.1, 0.15) is 0 Å². The largest absolute Gasteiger partial charge is 0.481 e. The molecule has 0 atom stereocenters. The number of hydrogen-bond donors (Lipinski definition) is 2. The van der Waals surface area contributed by atoms with Crippen molar-refractivity contribution in [3.63, 3.8) is 0 Å². The Kier molecular flexibility index (Phi) is 7.26. The number of benzene rings is 1. The fourth-order valence-electron chi connectivity index (χ4n) is 2.79. The number of nitrogens with zero attached hydrogens (tertiary/aromatic N) is 2. The van der Waals surface area contributed by atoms with Gasteiger partial charge in [0.15, 0.2) is 0 Å². The Morgan fingerprint density at radius 1 is 1.23 bits per heavy atom. The van der Waals surface area contributed by atoms with Crippen LogP contribution in [-0.4, -0.2) is 45.3 Å². The lowest BCUT2D eigenvalue weighted by molar-refractivity contribution is -0.136. The highest BCUT2D eigenvalue weighted by molar-refractivity contribution is 7.98. The van der Waals surface area contributed by atoms with Crippen molar-refractivity contribution in [2.45, 2.75) is 33.1 Å². The van der Waals surface area contributed by atoms with Gasteiger partial charge in [-0.25, -0.2) is 4.68 Å². The average molecular weight is 375 g/mol. The molecule has 2 N–H and O–H groups in total.